The molecule has 2 N–H and O–H groups in total. The van der Waals surface area contributed by atoms with Gasteiger partial charge in [0.25, 0.3) is 5.69 Å². The SMILES string of the molecule is Cc1cc(C)c([N+](=O)[O-])cc1Oc1ccccc1C(C)N. The second-order valence-corrected chi connectivity index (χ2v) is 5.09. The molecule has 21 heavy (non-hydrogen) atoms. The predicted molar refractivity (Wildman–Crippen MR) is 81.7 cm³/mol. The molecular weight excluding hydrogens is 268 g/mol. The lowest BCUT2D eigenvalue weighted by molar-refractivity contribution is -0.385. The second kappa shape index (κ2) is 5.93. The number of nitrogens with two attached hydrogens (primary N) is 1. The van der Waals surface area contributed by atoms with E-state index in [0.29, 0.717) is 17.1 Å². The summed E-state index contributed by atoms with van der Waals surface area (Å²) in [5.41, 5.74) is 8.29. The molecular formula is C16H18N2O3. The van der Waals surface area contributed by atoms with Crippen LogP contribution in [0.3, 0.4) is 0 Å². The van der Waals surface area contributed by atoms with Crippen molar-refractivity contribution in [2.75, 3.05) is 0 Å². The number of rotatable bonds is 4. The van der Waals surface area contributed by atoms with Gasteiger partial charge < -0.3 is 10.5 Å². The van der Waals surface area contributed by atoms with Gasteiger partial charge in [-0.15, -0.1) is 0 Å². The molecule has 2 aromatic rings. The van der Waals surface area contributed by atoms with Crippen LogP contribution in [0.5, 0.6) is 11.5 Å². The van der Waals surface area contributed by atoms with E-state index in [4.69, 9.17) is 10.5 Å². The van der Waals surface area contributed by atoms with Crippen LogP contribution in [0.2, 0.25) is 0 Å². The minimum Gasteiger partial charge on any atom is -0.456 e. The molecule has 5 nitrogen and oxygen atoms in total. The van der Waals surface area contributed by atoms with Gasteiger partial charge in [-0.25, -0.2) is 0 Å². The number of nitro benzene ring substituents is 1. The predicted octanol–water partition coefficient (Wildman–Crippen LogP) is 4.02. The van der Waals surface area contributed by atoms with E-state index in [1.807, 2.05) is 38.1 Å². The van der Waals surface area contributed by atoms with E-state index in [0.717, 1.165) is 11.1 Å². The van der Waals surface area contributed by atoms with E-state index in [2.05, 4.69) is 0 Å². The number of nitrogens with zero attached hydrogens (tertiary/aromatic N) is 1. The van der Waals surface area contributed by atoms with Gasteiger partial charge in [-0.1, -0.05) is 18.2 Å². The Bertz CT molecular complexity index is 681. The third-order valence-corrected chi connectivity index (χ3v) is 3.32. The first-order chi connectivity index (χ1) is 9.90. The zero-order valence-corrected chi connectivity index (χ0v) is 12.3. The van der Waals surface area contributed by atoms with Crippen molar-refractivity contribution in [3.63, 3.8) is 0 Å². The highest BCUT2D eigenvalue weighted by Gasteiger charge is 2.16. The molecule has 1 atom stereocenters. The average molecular weight is 286 g/mol. The number of ether oxygens (including phenoxy) is 1. The minimum absolute atomic E-state index is 0.0499. The summed E-state index contributed by atoms with van der Waals surface area (Å²) in [6, 6.07) is 10.5. The Morgan fingerprint density at radius 2 is 1.81 bits per heavy atom. The summed E-state index contributed by atoms with van der Waals surface area (Å²) >= 11 is 0. The summed E-state index contributed by atoms with van der Waals surface area (Å²) in [4.78, 5) is 10.6. The van der Waals surface area contributed by atoms with Gasteiger partial charge >= 0.3 is 0 Å². The zero-order chi connectivity index (χ0) is 15.6. The Morgan fingerprint density at radius 3 is 2.43 bits per heavy atom. The molecule has 5 heteroatoms. The first-order valence-electron chi connectivity index (χ1n) is 6.68. The number of hydrogen-bond acceptors (Lipinski definition) is 4. The normalized spacial score (nSPS) is 12.0. The maximum absolute atomic E-state index is 11.0. The van der Waals surface area contributed by atoms with Crippen LogP contribution in [0.4, 0.5) is 5.69 Å². The standard InChI is InChI=1S/C16H18N2O3/c1-10-8-11(2)16(9-14(10)18(19)20)21-15-7-5-4-6-13(15)12(3)17/h4-9,12H,17H2,1-3H3. The lowest BCUT2D eigenvalue weighted by Crippen LogP contribution is -2.06. The summed E-state index contributed by atoms with van der Waals surface area (Å²) in [5.74, 6) is 1.09. The second-order valence-electron chi connectivity index (χ2n) is 5.09. The van der Waals surface area contributed by atoms with Gasteiger partial charge in [-0.2, -0.15) is 0 Å². The molecule has 0 saturated heterocycles. The fourth-order valence-corrected chi connectivity index (χ4v) is 2.20. The van der Waals surface area contributed by atoms with E-state index in [1.54, 1.807) is 13.0 Å². The van der Waals surface area contributed by atoms with E-state index in [9.17, 15) is 10.1 Å². The van der Waals surface area contributed by atoms with Gasteiger partial charge in [-0.05, 0) is 38.5 Å². The number of benzene rings is 2. The quantitative estimate of drug-likeness (QED) is 0.680. The van der Waals surface area contributed by atoms with Crippen molar-refractivity contribution in [3.8, 4) is 11.5 Å². The van der Waals surface area contributed by atoms with Crippen LogP contribution < -0.4 is 10.5 Å². The van der Waals surface area contributed by atoms with Crippen molar-refractivity contribution < 1.29 is 9.66 Å². The molecule has 0 radical (unpaired) electrons. The van der Waals surface area contributed by atoms with Gasteiger partial charge in [-0.3, -0.25) is 10.1 Å². The highest BCUT2D eigenvalue weighted by Crippen LogP contribution is 2.34. The lowest BCUT2D eigenvalue weighted by Gasteiger charge is -2.15. The van der Waals surface area contributed by atoms with Gasteiger partial charge in [0.1, 0.15) is 11.5 Å². The Morgan fingerprint density at radius 1 is 1.14 bits per heavy atom. The summed E-state index contributed by atoms with van der Waals surface area (Å²) in [6.45, 7) is 5.44. The van der Waals surface area contributed by atoms with Crippen LogP contribution in [0.1, 0.15) is 29.7 Å². The number of hydrogen-bond donors (Lipinski definition) is 1. The molecule has 2 rings (SSSR count). The van der Waals surface area contributed by atoms with Gasteiger partial charge in [0, 0.05) is 17.2 Å². The van der Waals surface area contributed by atoms with Crippen LogP contribution in [-0.4, -0.2) is 4.92 Å². The number of aryl methyl sites for hydroxylation is 2. The van der Waals surface area contributed by atoms with Crippen molar-refractivity contribution in [2.45, 2.75) is 26.8 Å². The number of nitro groups is 1. The van der Waals surface area contributed by atoms with Gasteiger partial charge in [0.05, 0.1) is 11.0 Å². The minimum atomic E-state index is -0.404. The molecule has 0 heterocycles. The summed E-state index contributed by atoms with van der Waals surface area (Å²) in [5, 5.41) is 11.0. The molecule has 0 aliphatic carbocycles. The summed E-state index contributed by atoms with van der Waals surface area (Å²) in [7, 11) is 0. The van der Waals surface area contributed by atoms with Gasteiger partial charge in [0.15, 0.2) is 0 Å². The summed E-state index contributed by atoms with van der Waals surface area (Å²) < 4.78 is 5.86. The average Bonchev–Trinajstić information content (AvgIpc) is 2.41. The molecule has 0 amide bonds. The fraction of sp³-hybridized carbons (Fsp3) is 0.250. The van der Waals surface area contributed by atoms with E-state index < -0.39 is 4.92 Å². The highest BCUT2D eigenvalue weighted by molar-refractivity contribution is 5.51. The molecule has 0 saturated carbocycles. The van der Waals surface area contributed by atoms with Crippen molar-refractivity contribution >= 4 is 5.69 Å². The zero-order valence-electron chi connectivity index (χ0n) is 12.3. The first-order valence-corrected chi connectivity index (χ1v) is 6.68. The van der Waals surface area contributed by atoms with Crippen LogP contribution in [-0.2, 0) is 0 Å². The van der Waals surface area contributed by atoms with Crippen molar-refractivity contribution in [2.24, 2.45) is 5.73 Å². The lowest BCUT2D eigenvalue weighted by atomic mass is 10.1. The molecule has 110 valence electrons. The van der Waals surface area contributed by atoms with E-state index in [-0.39, 0.29) is 11.7 Å². The molecule has 0 bridgehead atoms. The van der Waals surface area contributed by atoms with E-state index >= 15 is 0 Å². The largest absolute Gasteiger partial charge is 0.456 e. The van der Waals surface area contributed by atoms with Crippen LogP contribution >= 0.6 is 0 Å². The molecule has 0 spiro atoms. The first kappa shape index (κ1) is 15.0. The maximum atomic E-state index is 11.0. The Labute approximate surface area is 123 Å². The van der Waals surface area contributed by atoms with Crippen molar-refractivity contribution in [1.82, 2.24) is 0 Å². The van der Waals surface area contributed by atoms with Crippen molar-refractivity contribution in [1.29, 1.82) is 0 Å². The van der Waals surface area contributed by atoms with Crippen molar-refractivity contribution in [3.05, 3.63) is 63.2 Å². The Hall–Kier alpha value is -2.40. The Balaban J connectivity index is 2.45. The maximum Gasteiger partial charge on any atom is 0.276 e. The highest BCUT2D eigenvalue weighted by atomic mass is 16.6. The number of para-hydroxylation sites is 1. The molecule has 0 aliphatic heterocycles. The molecule has 0 fully saturated rings. The smallest absolute Gasteiger partial charge is 0.276 e. The third-order valence-electron chi connectivity index (χ3n) is 3.32. The topological polar surface area (TPSA) is 78.4 Å². The molecule has 0 aromatic heterocycles. The van der Waals surface area contributed by atoms with Crippen LogP contribution in [0.25, 0.3) is 0 Å². The summed E-state index contributed by atoms with van der Waals surface area (Å²) in [6.07, 6.45) is 0. The van der Waals surface area contributed by atoms with E-state index in [1.165, 1.54) is 6.07 Å². The monoisotopic (exact) mass is 286 g/mol. The molecule has 0 aliphatic rings. The third kappa shape index (κ3) is 3.20. The molecule has 1 unspecified atom stereocenters. The van der Waals surface area contributed by atoms with Crippen LogP contribution in [0.15, 0.2) is 36.4 Å². The molecule has 2 aromatic carbocycles. The van der Waals surface area contributed by atoms with Gasteiger partial charge in [0.2, 0.25) is 0 Å². The van der Waals surface area contributed by atoms with Crippen LogP contribution in [0, 0.1) is 24.0 Å². The fourth-order valence-electron chi connectivity index (χ4n) is 2.20. The Kier molecular flexibility index (Phi) is 4.23.